The largest absolute Gasteiger partial charge is 0.494 e. The van der Waals surface area contributed by atoms with E-state index in [1.54, 1.807) is 0 Å². The number of benzene rings is 2. The van der Waals surface area contributed by atoms with Gasteiger partial charge in [-0.05, 0) is 26.0 Å². The molecule has 3 rings (SSSR count). The van der Waals surface area contributed by atoms with Gasteiger partial charge in [0.15, 0.2) is 11.6 Å². The average Bonchev–Trinajstić information content (AvgIpc) is 2.71. The molecule has 1 heterocycles. The summed E-state index contributed by atoms with van der Waals surface area (Å²) < 4.78 is 46.8. The number of ether oxygens (including phenoxy) is 1. The van der Waals surface area contributed by atoms with Crippen molar-refractivity contribution in [2.75, 3.05) is 17.7 Å². The molecule has 0 amide bonds. The van der Waals surface area contributed by atoms with Gasteiger partial charge in [0.25, 0.3) is 0 Å². The van der Waals surface area contributed by atoms with E-state index in [2.05, 4.69) is 25.6 Å². The number of nitrogens with one attached hydrogen (secondary N) is 2. The molecule has 0 spiro atoms. The topological polar surface area (TPSA) is 135 Å². The quantitative estimate of drug-likeness (QED) is 0.361. The van der Waals surface area contributed by atoms with E-state index in [1.807, 2.05) is 0 Å². The summed E-state index contributed by atoms with van der Waals surface area (Å²) >= 11 is 0. The number of nitrogens with zero attached hydrogens (tertiary/aromatic N) is 4. The normalized spacial score (nSPS) is 11.2. The zero-order valence-electron chi connectivity index (χ0n) is 17.0. The van der Waals surface area contributed by atoms with E-state index in [-0.39, 0.29) is 34.6 Å². The minimum atomic E-state index is -1.73. The first-order chi connectivity index (χ1) is 15.0. The molecule has 0 bridgehead atoms. The Labute approximate surface area is 179 Å². The van der Waals surface area contributed by atoms with Gasteiger partial charge >= 0.3 is 5.69 Å². The van der Waals surface area contributed by atoms with Gasteiger partial charge < -0.3 is 20.5 Å². The third-order valence-corrected chi connectivity index (χ3v) is 4.24. The molecule has 3 aromatic rings. The Morgan fingerprint density at radius 3 is 2.25 bits per heavy atom. The lowest BCUT2D eigenvalue weighted by atomic mass is 9.95. The minimum absolute atomic E-state index is 0.00255. The molecule has 0 fully saturated rings. The van der Waals surface area contributed by atoms with Gasteiger partial charge in [-0.15, -0.1) is 0 Å². The molecule has 168 valence electrons. The number of halogens is 3. The van der Waals surface area contributed by atoms with Crippen LogP contribution in [0.1, 0.15) is 19.4 Å². The molecular weight excluding hydrogens is 433 g/mol. The van der Waals surface area contributed by atoms with Crippen LogP contribution in [0.3, 0.4) is 0 Å². The molecule has 0 aliphatic heterocycles. The number of methoxy groups -OCH3 is 1. The first-order valence-electron chi connectivity index (χ1n) is 8.97. The Hall–Kier alpha value is -4.00. The van der Waals surface area contributed by atoms with Crippen LogP contribution >= 0.6 is 0 Å². The van der Waals surface area contributed by atoms with Crippen LogP contribution in [0.25, 0.3) is 0 Å². The fourth-order valence-electron chi connectivity index (χ4n) is 2.86. The van der Waals surface area contributed by atoms with Crippen molar-refractivity contribution < 1.29 is 27.9 Å². The number of aromatic nitrogens is 3. The molecular formula is C19H17F3N6O4. The molecule has 1 aromatic heterocycles. The van der Waals surface area contributed by atoms with Crippen molar-refractivity contribution in [3.8, 4) is 5.75 Å². The van der Waals surface area contributed by atoms with Crippen LogP contribution in [-0.2, 0) is 5.60 Å². The Balaban J connectivity index is 1.96. The number of nitro benzene ring substituents is 1. The van der Waals surface area contributed by atoms with E-state index in [1.165, 1.54) is 27.0 Å². The highest BCUT2D eigenvalue weighted by Crippen LogP contribution is 2.34. The molecule has 10 nitrogen and oxygen atoms in total. The zero-order valence-corrected chi connectivity index (χ0v) is 17.0. The van der Waals surface area contributed by atoms with Gasteiger partial charge in [0, 0.05) is 17.7 Å². The van der Waals surface area contributed by atoms with Crippen molar-refractivity contribution in [2.24, 2.45) is 0 Å². The second kappa shape index (κ2) is 8.63. The van der Waals surface area contributed by atoms with Gasteiger partial charge in [-0.3, -0.25) is 10.1 Å². The number of hydrogen-bond acceptors (Lipinski definition) is 9. The molecule has 0 aliphatic rings. The van der Waals surface area contributed by atoms with Gasteiger partial charge in [0.2, 0.25) is 17.7 Å². The van der Waals surface area contributed by atoms with Gasteiger partial charge in [0.05, 0.1) is 29.0 Å². The Kier molecular flexibility index (Phi) is 6.11. The smallest absolute Gasteiger partial charge is 0.307 e. The monoisotopic (exact) mass is 450 g/mol. The van der Waals surface area contributed by atoms with Gasteiger partial charge in [-0.1, -0.05) is 0 Å². The molecule has 32 heavy (non-hydrogen) atoms. The Morgan fingerprint density at radius 2 is 1.69 bits per heavy atom. The molecule has 13 heteroatoms. The predicted octanol–water partition coefficient (Wildman–Crippen LogP) is 3.92. The second-order valence-corrected chi connectivity index (χ2v) is 6.99. The van der Waals surface area contributed by atoms with Gasteiger partial charge in [0.1, 0.15) is 12.1 Å². The Morgan fingerprint density at radius 1 is 1.06 bits per heavy atom. The first kappa shape index (κ1) is 22.7. The summed E-state index contributed by atoms with van der Waals surface area (Å²) in [4.78, 5) is 21.9. The van der Waals surface area contributed by atoms with E-state index in [0.29, 0.717) is 0 Å². The maximum Gasteiger partial charge on any atom is 0.307 e. The SMILES string of the molecule is COc1cc(F)c([N+](=O)[O-])cc1Nc1ncnc(Nc2ccc(F)c(F)c2C(C)(C)O)n1. The molecule has 0 saturated heterocycles. The van der Waals surface area contributed by atoms with Crippen LogP contribution in [0.15, 0.2) is 30.6 Å². The first-order valence-corrected chi connectivity index (χ1v) is 8.97. The van der Waals surface area contributed by atoms with Crippen molar-refractivity contribution in [3.05, 3.63) is 63.7 Å². The summed E-state index contributed by atoms with van der Waals surface area (Å²) in [5.41, 5.74) is -2.87. The number of hydrogen-bond donors (Lipinski definition) is 3. The van der Waals surface area contributed by atoms with Crippen molar-refractivity contribution in [2.45, 2.75) is 19.4 Å². The van der Waals surface area contributed by atoms with Gasteiger partial charge in [-0.25, -0.2) is 18.7 Å². The van der Waals surface area contributed by atoms with Crippen molar-refractivity contribution in [1.82, 2.24) is 15.0 Å². The van der Waals surface area contributed by atoms with E-state index in [9.17, 15) is 28.4 Å². The number of aliphatic hydroxyl groups is 1. The summed E-state index contributed by atoms with van der Waals surface area (Å²) in [6.07, 6.45) is 1.08. The van der Waals surface area contributed by atoms with E-state index in [4.69, 9.17) is 4.74 Å². The summed E-state index contributed by atoms with van der Waals surface area (Å²) in [6.45, 7) is 2.56. The lowest BCUT2D eigenvalue weighted by molar-refractivity contribution is -0.387. The number of rotatable bonds is 7. The lowest BCUT2D eigenvalue weighted by Gasteiger charge is -2.22. The molecule has 0 aliphatic carbocycles. The third kappa shape index (κ3) is 4.67. The summed E-state index contributed by atoms with van der Waals surface area (Å²) in [7, 11) is 1.24. The second-order valence-electron chi connectivity index (χ2n) is 6.99. The zero-order chi connectivity index (χ0) is 23.6. The fourth-order valence-corrected chi connectivity index (χ4v) is 2.86. The highest BCUT2D eigenvalue weighted by Gasteiger charge is 2.27. The van der Waals surface area contributed by atoms with Crippen LogP contribution in [0, 0.1) is 27.6 Å². The van der Waals surface area contributed by atoms with Crippen molar-refractivity contribution >= 4 is 29.0 Å². The maximum atomic E-state index is 14.3. The molecule has 0 saturated carbocycles. The minimum Gasteiger partial charge on any atom is -0.494 e. The summed E-state index contributed by atoms with van der Waals surface area (Å²) in [5.74, 6) is -3.75. The maximum absolute atomic E-state index is 14.3. The lowest BCUT2D eigenvalue weighted by Crippen LogP contribution is -2.21. The number of nitro groups is 1. The highest BCUT2D eigenvalue weighted by atomic mass is 19.2. The van der Waals surface area contributed by atoms with Crippen LogP contribution in [0.2, 0.25) is 0 Å². The average molecular weight is 450 g/mol. The fraction of sp³-hybridized carbons (Fsp3) is 0.211. The van der Waals surface area contributed by atoms with E-state index in [0.717, 1.165) is 24.5 Å². The van der Waals surface area contributed by atoms with E-state index >= 15 is 0 Å². The number of anilines is 4. The van der Waals surface area contributed by atoms with Crippen molar-refractivity contribution in [1.29, 1.82) is 0 Å². The van der Waals surface area contributed by atoms with Gasteiger partial charge in [-0.2, -0.15) is 9.37 Å². The van der Waals surface area contributed by atoms with E-state index < -0.39 is 33.7 Å². The predicted molar refractivity (Wildman–Crippen MR) is 108 cm³/mol. The van der Waals surface area contributed by atoms with Crippen LogP contribution in [0.4, 0.5) is 42.1 Å². The highest BCUT2D eigenvalue weighted by molar-refractivity contribution is 5.67. The molecule has 2 aromatic carbocycles. The van der Waals surface area contributed by atoms with Crippen LogP contribution in [0.5, 0.6) is 5.75 Å². The molecule has 0 atom stereocenters. The van der Waals surface area contributed by atoms with Crippen LogP contribution in [-0.4, -0.2) is 32.1 Å². The summed E-state index contributed by atoms with van der Waals surface area (Å²) in [6, 6.07) is 3.81. The standard InChI is InChI=1S/C19H17F3N6O4/c1-19(2,29)15-11(5-4-9(20)16(15)22)25-17-23-8-24-18(27-17)26-12-7-13(28(30)31)10(21)6-14(12)32-3/h4-8,29H,1-3H3,(H2,23,24,25,26,27). The Bertz CT molecular complexity index is 1190. The third-order valence-electron chi connectivity index (χ3n) is 4.24. The van der Waals surface area contributed by atoms with Crippen LogP contribution < -0.4 is 15.4 Å². The molecule has 3 N–H and O–H groups in total. The molecule has 0 radical (unpaired) electrons. The molecule has 0 unspecified atom stereocenters. The van der Waals surface area contributed by atoms with Crippen molar-refractivity contribution in [3.63, 3.8) is 0 Å². The summed E-state index contributed by atoms with van der Waals surface area (Å²) in [5, 5.41) is 26.6.